The number of nitrogens with one attached hydrogen (secondary N) is 1. The molecule has 0 aliphatic rings. The summed E-state index contributed by atoms with van der Waals surface area (Å²) in [4.78, 5) is 12.8. The number of anilines is 1. The van der Waals surface area contributed by atoms with Gasteiger partial charge in [0.15, 0.2) is 0 Å². The number of hydrogen-bond donors (Lipinski definition) is 2. The molecular formula is C14H13NOS. The van der Waals surface area contributed by atoms with Crippen molar-refractivity contribution in [2.24, 2.45) is 0 Å². The number of benzene rings is 2. The Morgan fingerprint density at radius 2 is 1.82 bits per heavy atom. The second-order valence-corrected chi connectivity index (χ2v) is 4.34. The quantitative estimate of drug-likeness (QED) is 0.776. The van der Waals surface area contributed by atoms with Crippen LogP contribution in [0.4, 0.5) is 5.69 Å². The van der Waals surface area contributed by atoms with E-state index in [-0.39, 0.29) is 5.91 Å². The van der Waals surface area contributed by atoms with Gasteiger partial charge in [-0.1, -0.05) is 24.3 Å². The van der Waals surface area contributed by atoms with Gasteiger partial charge in [0.25, 0.3) is 5.91 Å². The molecule has 0 atom stereocenters. The molecule has 17 heavy (non-hydrogen) atoms. The monoisotopic (exact) mass is 243 g/mol. The van der Waals surface area contributed by atoms with Gasteiger partial charge in [-0.3, -0.25) is 4.79 Å². The summed E-state index contributed by atoms with van der Waals surface area (Å²) >= 11 is 4.24. The Balaban J connectivity index is 2.23. The average molecular weight is 243 g/mol. The largest absolute Gasteiger partial charge is 0.322 e. The molecule has 0 aliphatic heterocycles. The molecule has 2 aromatic rings. The Labute approximate surface area is 106 Å². The summed E-state index contributed by atoms with van der Waals surface area (Å²) < 4.78 is 0. The lowest BCUT2D eigenvalue weighted by atomic mass is 10.1. The van der Waals surface area contributed by atoms with E-state index in [9.17, 15) is 4.79 Å². The highest BCUT2D eigenvalue weighted by Crippen LogP contribution is 2.16. The molecule has 0 fully saturated rings. The first-order valence-corrected chi connectivity index (χ1v) is 5.77. The summed E-state index contributed by atoms with van der Waals surface area (Å²) in [5.74, 6) is -0.107. The maximum atomic E-state index is 12.0. The van der Waals surface area contributed by atoms with Crippen LogP contribution in [0.2, 0.25) is 0 Å². The Bertz CT molecular complexity index is 537. The lowest BCUT2D eigenvalue weighted by Gasteiger charge is -2.08. The molecule has 86 valence electrons. The number of thiol groups is 1. The molecule has 2 nitrogen and oxygen atoms in total. The third kappa shape index (κ3) is 2.88. The Morgan fingerprint density at radius 3 is 2.53 bits per heavy atom. The molecule has 1 N–H and O–H groups in total. The fourth-order valence-corrected chi connectivity index (χ4v) is 1.78. The van der Waals surface area contributed by atoms with Gasteiger partial charge in [0.2, 0.25) is 0 Å². The fourth-order valence-electron chi connectivity index (χ4n) is 1.57. The molecule has 0 unspecified atom stereocenters. The van der Waals surface area contributed by atoms with Crippen LogP contribution in [0.3, 0.4) is 0 Å². The molecular weight excluding hydrogens is 230 g/mol. The molecule has 3 heteroatoms. The number of rotatable bonds is 2. The minimum absolute atomic E-state index is 0.107. The molecule has 0 heterocycles. The van der Waals surface area contributed by atoms with Gasteiger partial charge in [-0.25, -0.2) is 0 Å². The van der Waals surface area contributed by atoms with Crippen LogP contribution in [0.25, 0.3) is 0 Å². The second kappa shape index (κ2) is 5.06. The molecule has 2 rings (SSSR count). The molecule has 1 amide bonds. The third-order valence-corrected chi connectivity index (χ3v) is 2.78. The standard InChI is InChI=1S/C14H13NOS/c1-10-7-8-12(17)9-13(10)14(16)15-11-5-3-2-4-6-11/h2-9,17H,1H3,(H,15,16). The van der Waals surface area contributed by atoms with E-state index in [1.165, 1.54) is 0 Å². The summed E-state index contributed by atoms with van der Waals surface area (Å²) in [5.41, 5.74) is 2.39. The Morgan fingerprint density at radius 1 is 1.12 bits per heavy atom. The lowest BCUT2D eigenvalue weighted by molar-refractivity contribution is 0.102. The van der Waals surface area contributed by atoms with E-state index >= 15 is 0 Å². The molecule has 0 saturated carbocycles. The van der Waals surface area contributed by atoms with Crippen molar-refractivity contribution in [3.05, 3.63) is 59.7 Å². The third-order valence-electron chi connectivity index (χ3n) is 2.50. The lowest BCUT2D eigenvalue weighted by Crippen LogP contribution is -2.13. The van der Waals surface area contributed by atoms with Crippen LogP contribution in [0.1, 0.15) is 15.9 Å². The summed E-state index contributed by atoms with van der Waals surface area (Å²) in [6.07, 6.45) is 0. The van der Waals surface area contributed by atoms with Crippen LogP contribution in [-0.2, 0) is 0 Å². The van der Waals surface area contributed by atoms with Crippen LogP contribution >= 0.6 is 12.6 Å². The van der Waals surface area contributed by atoms with Crippen LogP contribution in [0.15, 0.2) is 53.4 Å². The van der Waals surface area contributed by atoms with E-state index in [2.05, 4.69) is 17.9 Å². The maximum absolute atomic E-state index is 12.0. The predicted octanol–water partition coefficient (Wildman–Crippen LogP) is 3.54. The van der Waals surface area contributed by atoms with E-state index in [0.717, 1.165) is 16.1 Å². The van der Waals surface area contributed by atoms with Crippen molar-refractivity contribution in [1.29, 1.82) is 0 Å². The number of carbonyl (C=O) groups excluding carboxylic acids is 1. The van der Waals surface area contributed by atoms with Gasteiger partial charge >= 0.3 is 0 Å². The topological polar surface area (TPSA) is 29.1 Å². The predicted molar refractivity (Wildman–Crippen MR) is 72.8 cm³/mol. The zero-order valence-electron chi connectivity index (χ0n) is 9.47. The van der Waals surface area contributed by atoms with Gasteiger partial charge < -0.3 is 5.32 Å². The second-order valence-electron chi connectivity index (χ2n) is 3.82. The van der Waals surface area contributed by atoms with E-state index in [1.54, 1.807) is 6.07 Å². The van der Waals surface area contributed by atoms with Gasteiger partial charge in [-0.05, 0) is 36.8 Å². The summed E-state index contributed by atoms with van der Waals surface area (Å²) in [6, 6.07) is 14.9. The fraction of sp³-hybridized carbons (Fsp3) is 0.0714. The number of carbonyl (C=O) groups is 1. The smallest absolute Gasteiger partial charge is 0.255 e. The normalized spacial score (nSPS) is 10.0. The van der Waals surface area contributed by atoms with Gasteiger partial charge in [-0.15, -0.1) is 12.6 Å². The first-order valence-electron chi connectivity index (χ1n) is 5.33. The van der Waals surface area contributed by atoms with Crippen LogP contribution in [-0.4, -0.2) is 5.91 Å². The van der Waals surface area contributed by atoms with E-state index in [1.807, 2.05) is 49.4 Å². The van der Waals surface area contributed by atoms with Gasteiger partial charge in [0.1, 0.15) is 0 Å². The van der Waals surface area contributed by atoms with Gasteiger partial charge in [-0.2, -0.15) is 0 Å². The maximum Gasteiger partial charge on any atom is 0.255 e. The molecule has 0 bridgehead atoms. The molecule has 0 radical (unpaired) electrons. The molecule has 0 saturated heterocycles. The van der Waals surface area contributed by atoms with Gasteiger partial charge in [0.05, 0.1) is 0 Å². The minimum atomic E-state index is -0.107. The van der Waals surface area contributed by atoms with Crippen molar-refractivity contribution in [3.8, 4) is 0 Å². The molecule has 0 aromatic heterocycles. The molecule has 2 aromatic carbocycles. The van der Waals surface area contributed by atoms with E-state index in [4.69, 9.17) is 0 Å². The number of aryl methyl sites for hydroxylation is 1. The average Bonchev–Trinajstić information content (AvgIpc) is 2.33. The number of amides is 1. The SMILES string of the molecule is Cc1ccc(S)cc1C(=O)Nc1ccccc1. The zero-order valence-corrected chi connectivity index (χ0v) is 10.4. The Kier molecular flexibility index (Phi) is 3.49. The van der Waals surface area contributed by atoms with Crippen molar-refractivity contribution in [1.82, 2.24) is 0 Å². The first kappa shape index (κ1) is 11.7. The minimum Gasteiger partial charge on any atom is -0.322 e. The zero-order chi connectivity index (χ0) is 12.3. The van der Waals surface area contributed by atoms with Crippen molar-refractivity contribution in [3.63, 3.8) is 0 Å². The van der Waals surface area contributed by atoms with Crippen LogP contribution in [0, 0.1) is 6.92 Å². The highest BCUT2D eigenvalue weighted by molar-refractivity contribution is 7.80. The van der Waals surface area contributed by atoms with Crippen molar-refractivity contribution >= 4 is 24.2 Å². The summed E-state index contributed by atoms with van der Waals surface area (Å²) in [7, 11) is 0. The highest BCUT2D eigenvalue weighted by Gasteiger charge is 2.09. The van der Waals surface area contributed by atoms with E-state index in [0.29, 0.717) is 5.56 Å². The number of para-hydroxylation sites is 1. The first-order chi connectivity index (χ1) is 8.16. The van der Waals surface area contributed by atoms with Crippen molar-refractivity contribution < 1.29 is 4.79 Å². The Hall–Kier alpha value is -1.74. The van der Waals surface area contributed by atoms with Crippen LogP contribution in [0.5, 0.6) is 0 Å². The molecule has 0 spiro atoms. The number of hydrogen-bond acceptors (Lipinski definition) is 2. The van der Waals surface area contributed by atoms with Gasteiger partial charge in [0, 0.05) is 16.1 Å². The van der Waals surface area contributed by atoms with Crippen LogP contribution < -0.4 is 5.32 Å². The van der Waals surface area contributed by atoms with Crippen molar-refractivity contribution in [2.45, 2.75) is 11.8 Å². The highest BCUT2D eigenvalue weighted by atomic mass is 32.1. The van der Waals surface area contributed by atoms with Crippen molar-refractivity contribution in [2.75, 3.05) is 5.32 Å². The summed E-state index contributed by atoms with van der Waals surface area (Å²) in [6.45, 7) is 1.91. The summed E-state index contributed by atoms with van der Waals surface area (Å²) in [5, 5.41) is 2.85. The van der Waals surface area contributed by atoms with E-state index < -0.39 is 0 Å². The molecule has 0 aliphatic carbocycles.